The Labute approximate surface area is 81.7 Å². The molecule has 0 bridgehead atoms. The van der Waals surface area contributed by atoms with E-state index in [0.717, 1.165) is 18.9 Å². The molecule has 0 heterocycles. The highest BCUT2D eigenvalue weighted by atomic mass is 16.3. The third kappa shape index (κ3) is 3.28. The van der Waals surface area contributed by atoms with E-state index in [0.29, 0.717) is 18.1 Å². The van der Waals surface area contributed by atoms with Gasteiger partial charge in [0.2, 0.25) is 0 Å². The molecule has 0 aromatic carbocycles. The largest absolute Gasteiger partial charge is 0.396 e. The molecule has 2 atom stereocenters. The van der Waals surface area contributed by atoms with Gasteiger partial charge in [0.25, 0.3) is 0 Å². The van der Waals surface area contributed by atoms with Crippen molar-refractivity contribution < 1.29 is 5.11 Å². The first-order valence-electron chi connectivity index (χ1n) is 5.39. The summed E-state index contributed by atoms with van der Waals surface area (Å²) >= 11 is 0. The Hall–Kier alpha value is -0.0800. The van der Waals surface area contributed by atoms with Gasteiger partial charge in [0, 0.05) is 12.6 Å². The van der Waals surface area contributed by atoms with Crippen molar-refractivity contribution in [2.75, 3.05) is 13.2 Å². The van der Waals surface area contributed by atoms with Crippen LogP contribution in [0.2, 0.25) is 0 Å². The van der Waals surface area contributed by atoms with E-state index in [1.807, 2.05) is 0 Å². The minimum Gasteiger partial charge on any atom is -0.396 e. The molecule has 0 saturated heterocycles. The zero-order valence-corrected chi connectivity index (χ0v) is 9.14. The van der Waals surface area contributed by atoms with Crippen LogP contribution in [-0.2, 0) is 0 Å². The molecule has 0 radical (unpaired) electrons. The van der Waals surface area contributed by atoms with Crippen LogP contribution in [0.3, 0.4) is 0 Å². The van der Waals surface area contributed by atoms with Crippen molar-refractivity contribution in [2.24, 2.45) is 11.3 Å². The van der Waals surface area contributed by atoms with Crippen molar-refractivity contribution in [1.82, 2.24) is 5.32 Å². The van der Waals surface area contributed by atoms with E-state index in [1.165, 1.54) is 12.8 Å². The molecule has 0 spiro atoms. The van der Waals surface area contributed by atoms with Crippen LogP contribution in [0.5, 0.6) is 0 Å². The van der Waals surface area contributed by atoms with Gasteiger partial charge in [-0.15, -0.1) is 0 Å². The van der Waals surface area contributed by atoms with Crippen LogP contribution in [0.25, 0.3) is 0 Å². The van der Waals surface area contributed by atoms with Gasteiger partial charge < -0.3 is 10.4 Å². The van der Waals surface area contributed by atoms with Crippen LogP contribution in [0, 0.1) is 11.3 Å². The number of aliphatic hydroxyl groups is 1. The van der Waals surface area contributed by atoms with E-state index >= 15 is 0 Å². The summed E-state index contributed by atoms with van der Waals surface area (Å²) in [6.45, 7) is 8.28. The van der Waals surface area contributed by atoms with E-state index in [4.69, 9.17) is 5.11 Å². The molecule has 0 amide bonds. The second kappa shape index (κ2) is 4.43. The highest BCUT2D eigenvalue weighted by molar-refractivity contribution is 4.90. The second-order valence-electron chi connectivity index (χ2n) is 5.19. The van der Waals surface area contributed by atoms with Crippen LogP contribution in [0.4, 0.5) is 0 Å². The van der Waals surface area contributed by atoms with Gasteiger partial charge in [-0.05, 0) is 37.1 Å². The first kappa shape index (κ1) is 11.0. The molecule has 13 heavy (non-hydrogen) atoms. The predicted molar refractivity (Wildman–Crippen MR) is 55.7 cm³/mol. The predicted octanol–water partition coefficient (Wildman–Crippen LogP) is 1.78. The molecule has 1 aliphatic carbocycles. The van der Waals surface area contributed by atoms with E-state index in [-0.39, 0.29) is 0 Å². The van der Waals surface area contributed by atoms with Crippen molar-refractivity contribution in [3.05, 3.63) is 0 Å². The first-order chi connectivity index (χ1) is 6.05. The molecule has 1 saturated carbocycles. The maximum absolute atomic E-state index is 8.67. The third-order valence-corrected chi connectivity index (χ3v) is 3.08. The van der Waals surface area contributed by atoms with E-state index in [1.54, 1.807) is 0 Å². The minimum absolute atomic E-state index is 0.303. The minimum atomic E-state index is 0.303. The highest BCUT2D eigenvalue weighted by Gasteiger charge is 2.35. The summed E-state index contributed by atoms with van der Waals surface area (Å²) in [6.07, 6.45) is 3.48. The van der Waals surface area contributed by atoms with E-state index < -0.39 is 0 Å². The fraction of sp³-hybridized carbons (Fsp3) is 1.00. The monoisotopic (exact) mass is 185 g/mol. The number of aliphatic hydroxyl groups excluding tert-OH is 1. The topological polar surface area (TPSA) is 32.3 Å². The lowest BCUT2D eigenvalue weighted by molar-refractivity contribution is 0.279. The molecule has 1 aliphatic rings. The number of rotatable bonds is 4. The van der Waals surface area contributed by atoms with Crippen molar-refractivity contribution >= 4 is 0 Å². The Morgan fingerprint density at radius 1 is 1.38 bits per heavy atom. The van der Waals surface area contributed by atoms with Crippen LogP contribution >= 0.6 is 0 Å². The average Bonchev–Trinajstić information content (AvgIpc) is 2.25. The summed E-state index contributed by atoms with van der Waals surface area (Å²) in [5, 5.41) is 12.2. The molecule has 78 valence electrons. The van der Waals surface area contributed by atoms with Gasteiger partial charge in [-0.25, -0.2) is 0 Å². The van der Waals surface area contributed by atoms with Crippen LogP contribution < -0.4 is 5.32 Å². The van der Waals surface area contributed by atoms with Gasteiger partial charge in [-0.1, -0.05) is 20.8 Å². The van der Waals surface area contributed by atoms with Gasteiger partial charge >= 0.3 is 0 Å². The standard InChI is InChI=1S/C11H23NO/c1-9-7-11(2,3)8-10(9)12-5-4-6-13/h9-10,12-13H,4-8H2,1-3H3. The van der Waals surface area contributed by atoms with E-state index in [9.17, 15) is 0 Å². The summed E-state index contributed by atoms with van der Waals surface area (Å²) in [7, 11) is 0. The number of hydrogen-bond donors (Lipinski definition) is 2. The Morgan fingerprint density at radius 3 is 2.54 bits per heavy atom. The zero-order valence-electron chi connectivity index (χ0n) is 9.14. The molecule has 2 N–H and O–H groups in total. The Kier molecular flexibility index (Phi) is 3.74. The van der Waals surface area contributed by atoms with Crippen molar-refractivity contribution in [2.45, 2.75) is 46.1 Å². The molecular weight excluding hydrogens is 162 g/mol. The Balaban J connectivity index is 2.27. The fourth-order valence-corrected chi connectivity index (χ4v) is 2.53. The first-order valence-corrected chi connectivity index (χ1v) is 5.39. The zero-order chi connectivity index (χ0) is 9.90. The molecule has 2 heteroatoms. The summed E-state index contributed by atoms with van der Waals surface area (Å²) in [5.74, 6) is 0.786. The maximum atomic E-state index is 8.67. The smallest absolute Gasteiger partial charge is 0.0443 e. The second-order valence-corrected chi connectivity index (χ2v) is 5.19. The normalized spacial score (nSPS) is 32.3. The summed E-state index contributed by atoms with van der Waals surface area (Å²) in [5.41, 5.74) is 0.510. The van der Waals surface area contributed by atoms with Crippen LogP contribution in [0.1, 0.15) is 40.0 Å². The number of hydrogen-bond acceptors (Lipinski definition) is 2. The van der Waals surface area contributed by atoms with E-state index in [2.05, 4.69) is 26.1 Å². The summed E-state index contributed by atoms with van der Waals surface area (Å²) in [4.78, 5) is 0. The maximum Gasteiger partial charge on any atom is 0.0443 e. The lowest BCUT2D eigenvalue weighted by atomic mass is 9.91. The lowest BCUT2D eigenvalue weighted by Crippen LogP contribution is -2.32. The SMILES string of the molecule is CC1CC(C)(C)CC1NCCCO. The van der Waals surface area contributed by atoms with Gasteiger partial charge in [0.1, 0.15) is 0 Å². The molecular formula is C11H23NO. The van der Waals surface area contributed by atoms with Crippen molar-refractivity contribution in [3.63, 3.8) is 0 Å². The van der Waals surface area contributed by atoms with Gasteiger partial charge in [0.05, 0.1) is 0 Å². The molecule has 1 fully saturated rings. The summed E-state index contributed by atoms with van der Waals surface area (Å²) in [6, 6.07) is 0.668. The Morgan fingerprint density at radius 2 is 2.08 bits per heavy atom. The summed E-state index contributed by atoms with van der Waals surface area (Å²) < 4.78 is 0. The number of nitrogens with one attached hydrogen (secondary N) is 1. The molecule has 0 aromatic rings. The molecule has 0 aliphatic heterocycles. The van der Waals surface area contributed by atoms with Crippen molar-refractivity contribution in [1.29, 1.82) is 0 Å². The highest BCUT2D eigenvalue weighted by Crippen LogP contribution is 2.40. The fourth-order valence-electron chi connectivity index (χ4n) is 2.53. The van der Waals surface area contributed by atoms with Crippen LogP contribution in [0.15, 0.2) is 0 Å². The van der Waals surface area contributed by atoms with Gasteiger partial charge in [-0.2, -0.15) is 0 Å². The molecule has 1 rings (SSSR count). The average molecular weight is 185 g/mol. The quantitative estimate of drug-likeness (QED) is 0.654. The molecule has 2 nitrogen and oxygen atoms in total. The van der Waals surface area contributed by atoms with Crippen molar-refractivity contribution in [3.8, 4) is 0 Å². The van der Waals surface area contributed by atoms with Crippen LogP contribution in [-0.4, -0.2) is 24.3 Å². The molecule has 0 aromatic heterocycles. The lowest BCUT2D eigenvalue weighted by Gasteiger charge is -2.18. The Bertz CT molecular complexity index is 156. The van der Waals surface area contributed by atoms with Gasteiger partial charge in [0.15, 0.2) is 0 Å². The molecule has 2 unspecified atom stereocenters. The van der Waals surface area contributed by atoms with Gasteiger partial charge in [-0.3, -0.25) is 0 Å². The third-order valence-electron chi connectivity index (χ3n) is 3.08.